The third-order valence-electron chi connectivity index (χ3n) is 3.73. The number of nitrogens with zero attached hydrogens (tertiary/aromatic N) is 2. The molecule has 0 unspecified atom stereocenters. The monoisotopic (exact) mass is 364 g/mol. The molecule has 3 aromatic carbocycles. The van der Waals surface area contributed by atoms with Gasteiger partial charge in [0.1, 0.15) is 10.8 Å². The van der Waals surface area contributed by atoms with Crippen molar-refractivity contribution in [1.29, 1.82) is 0 Å². The first-order valence-corrected chi connectivity index (χ1v) is 8.87. The Labute approximate surface area is 153 Å². The van der Waals surface area contributed by atoms with Gasteiger partial charge in [-0.3, -0.25) is 4.99 Å². The van der Waals surface area contributed by atoms with E-state index < -0.39 is 0 Å². The van der Waals surface area contributed by atoms with Crippen LogP contribution in [-0.4, -0.2) is 16.3 Å². The lowest BCUT2D eigenvalue weighted by Crippen LogP contribution is -1.82. The predicted molar refractivity (Wildman–Crippen MR) is 105 cm³/mol. The largest absolute Gasteiger partial charge is 0.507 e. The zero-order valence-corrected chi connectivity index (χ0v) is 14.6. The van der Waals surface area contributed by atoms with Crippen molar-refractivity contribution in [3.05, 3.63) is 77.3 Å². The van der Waals surface area contributed by atoms with Crippen LogP contribution in [0.1, 0.15) is 5.56 Å². The highest BCUT2D eigenvalue weighted by atomic mass is 35.5. The summed E-state index contributed by atoms with van der Waals surface area (Å²) >= 11 is 7.62. The van der Waals surface area contributed by atoms with E-state index >= 15 is 0 Å². The van der Waals surface area contributed by atoms with Crippen LogP contribution in [0, 0.1) is 0 Å². The number of phenols is 1. The molecule has 0 atom stereocenters. The van der Waals surface area contributed by atoms with Gasteiger partial charge >= 0.3 is 0 Å². The molecular formula is C20H13ClN2OS. The van der Waals surface area contributed by atoms with Crippen LogP contribution in [-0.2, 0) is 0 Å². The Kier molecular flexibility index (Phi) is 4.22. The van der Waals surface area contributed by atoms with Crippen molar-refractivity contribution in [2.75, 3.05) is 0 Å². The molecule has 1 heterocycles. The Bertz CT molecular complexity index is 1050. The summed E-state index contributed by atoms with van der Waals surface area (Å²) in [5, 5.41) is 11.4. The van der Waals surface area contributed by atoms with Crippen LogP contribution in [0.4, 0.5) is 5.69 Å². The van der Waals surface area contributed by atoms with Gasteiger partial charge in [0.15, 0.2) is 0 Å². The van der Waals surface area contributed by atoms with Gasteiger partial charge in [-0.25, -0.2) is 4.98 Å². The molecule has 0 bridgehead atoms. The minimum atomic E-state index is 0.149. The van der Waals surface area contributed by atoms with Crippen molar-refractivity contribution in [2.45, 2.75) is 0 Å². The number of hydrogen-bond acceptors (Lipinski definition) is 4. The van der Waals surface area contributed by atoms with E-state index in [9.17, 15) is 5.11 Å². The summed E-state index contributed by atoms with van der Waals surface area (Å²) in [6.45, 7) is 0. The summed E-state index contributed by atoms with van der Waals surface area (Å²) in [5.41, 5.74) is 3.39. The number of benzene rings is 3. The van der Waals surface area contributed by atoms with Gasteiger partial charge in [0.05, 0.1) is 15.9 Å². The molecule has 1 aromatic heterocycles. The van der Waals surface area contributed by atoms with Gasteiger partial charge in [0.2, 0.25) is 0 Å². The maximum Gasteiger partial charge on any atom is 0.124 e. The van der Waals surface area contributed by atoms with Crippen molar-refractivity contribution in [3.63, 3.8) is 0 Å². The van der Waals surface area contributed by atoms with E-state index in [0.29, 0.717) is 10.6 Å². The lowest BCUT2D eigenvalue weighted by atomic mass is 10.2. The van der Waals surface area contributed by atoms with Crippen LogP contribution in [0.25, 0.3) is 20.8 Å². The number of thiazole rings is 1. The van der Waals surface area contributed by atoms with Crippen molar-refractivity contribution in [3.8, 4) is 16.3 Å². The van der Waals surface area contributed by atoms with Crippen molar-refractivity contribution in [2.24, 2.45) is 4.99 Å². The Morgan fingerprint density at radius 2 is 1.88 bits per heavy atom. The maximum absolute atomic E-state index is 9.87. The molecule has 0 fully saturated rings. The van der Waals surface area contributed by atoms with Gasteiger partial charge in [-0.1, -0.05) is 35.9 Å². The topological polar surface area (TPSA) is 45.5 Å². The first-order chi connectivity index (χ1) is 12.2. The fourth-order valence-electron chi connectivity index (χ4n) is 2.49. The number of hydrogen-bond donors (Lipinski definition) is 1. The Hall–Kier alpha value is -2.69. The second-order valence-corrected chi connectivity index (χ2v) is 6.97. The maximum atomic E-state index is 9.87. The van der Waals surface area contributed by atoms with Gasteiger partial charge in [-0.05, 0) is 42.5 Å². The first-order valence-electron chi connectivity index (χ1n) is 7.68. The van der Waals surface area contributed by atoms with Crippen LogP contribution in [0.3, 0.4) is 0 Å². The van der Waals surface area contributed by atoms with Crippen LogP contribution in [0.15, 0.2) is 71.7 Å². The summed E-state index contributed by atoms with van der Waals surface area (Å²) in [6.07, 6.45) is 1.61. The summed E-state index contributed by atoms with van der Waals surface area (Å²) in [5.74, 6) is 0.149. The van der Waals surface area contributed by atoms with Crippen molar-refractivity contribution in [1.82, 2.24) is 4.98 Å². The summed E-state index contributed by atoms with van der Waals surface area (Å²) in [4.78, 5) is 9.13. The molecule has 25 heavy (non-hydrogen) atoms. The Morgan fingerprint density at radius 3 is 2.76 bits per heavy atom. The number of rotatable bonds is 3. The number of aliphatic imine (C=N–C) groups is 1. The zero-order chi connectivity index (χ0) is 17.2. The minimum absolute atomic E-state index is 0.149. The molecule has 0 saturated heterocycles. The normalized spacial score (nSPS) is 11.4. The first kappa shape index (κ1) is 15.8. The molecule has 4 rings (SSSR count). The minimum Gasteiger partial charge on any atom is -0.507 e. The van der Waals surface area contributed by atoms with E-state index in [0.717, 1.165) is 26.5 Å². The molecule has 4 aromatic rings. The van der Waals surface area contributed by atoms with Crippen LogP contribution in [0.2, 0.25) is 5.02 Å². The van der Waals surface area contributed by atoms with Gasteiger partial charge in [-0.15, -0.1) is 11.3 Å². The Morgan fingerprint density at radius 1 is 1.00 bits per heavy atom. The number of aromatic hydroxyl groups is 1. The van der Waals surface area contributed by atoms with E-state index in [-0.39, 0.29) is 5.75 Å². The highest BCUT2D eigenvalue weighted by Gasteiger charge is 2.06. The highest BCUT2D eigenvalue weighted by Crippen LogP contribution is 2.31. The molecule has 0 spiro atoms. The smallest absolute Gasteiger partial charge is 0.124 e. The van der Waals surface area contributed by atoms with Gasteiger partial charge in [0.25, 0.3) is 0 Å². The number of phenolic OH excluding ortho intramolecular Hbond substituents is 1. The van der Waals surface area contributed by atoms with Crippen LogP contribution in [0.5, 0.6) is 5.75 Å². The molecule has 0 saturated carbocycles. The second kappa shape index (κ2) is 6.67. The molecule has 0 amide bonds. The average Bonchev–Trinajstić information content (AvgIpc) is 3.07. The quantitative estimate of drug-likeness (QED) is 0.448. The van der Waals surface area contributed by atoms with E-state index in [4.69, 9.17) is 11.6 Å². The molecule has 0 aliphatic carbocycles. The molecule has 0 aliphatic rings. The Balaban J connectivity index is 1.67. The fourth-order valence-corrected chi connectivity index (χ4v) is 3.63. The molecule has 0 aliphatic heterocycles. The average molecular weight is 365 g/mol. The third-order valence-corrected chi connectivity index (χ3v) is 5.05. The lowest BCUT2D eigenvalue weighted by Gasteiger charge is -2.00. The zero-order valence-electron chi connectivity index (χ0n) is 13.1. The van der Waals surface area contributed by atoms with Gasteiger partial charge in [-0.2, -0.15) is 0 Å². The summed E-state index contributed by atoms with van der Waals surface area (Å²) in [6, 6.07) is 20.8. The van der Waals surface area contributed by atoms with E-state index in [1.807, 2.05) is 42.5 Å². The standard InChI is InChI=1S/C20H13ClN2OS/c21-15-8-9-18(24)14(10-15)12-22-16-5-3-4-13(11-16)20-23-17-6-1-2-7-19(17)25-20/h1-12,24H. The summed E-state index contributed by atoms with van der Waals surface area (Å²) in [7, 11) is 0. The highest BCUT2D eigenvalue weighted by molar-refractivity contribution is 7.21. The van der Waals surface area contributed by atoms with Gasteiger partial charge in [0, 0.05) is 22.4 Å². The molecule has 3 nitrogen and oxygen atoms in total. The number of halogens is 1. The SMILES string of the molecule is Oc1ccc(Cl)cc1C=Nc1cccc(-c2nc3ccccc3s2)c1. The summed E-state index contributed by atoms with van der Waals surface area (Å²) < 4.78 is 1.16. The van der Waals surface area contributed by atoms with E-state index in [1.54, 1.807) is 35.8 Å². The van der Waals surface area contributed by atoms with Gasteiger partial charge < -0.3 is 5.11 Å². The fraction of sp³-hybridized carbons (Fsp3) is 0. The molecule has 0 radical (unpaired) electrons. The van der Waals surface area contributed by atoms with Crippen molar-refractivity contribution >= 4 is 45.1 Å². The number of aromatic nitrogens is 1. The molecule has 5 heteroatoms. The number of para-hydroxylation sites is 1. The van der Waals surface area contributed by atoms with E-state index in [1.165, 1.54) is 0 Å². The van der Waals surface area contributed by atoms with E-state index in [2.05, 4.69) is 16.0 Å². The molecular weight excluding hydrogens is 352 g/mol. The predicted octanol–water partition coefficient (Wildman–Crippen LogP) is 6.07. The van der Waals surface area contributed by atoms with Crippen molar-refractivity contribution < 1.29 is 5.11 Å². The molecule has 122 valence electrons. The lowest BCUT2D eigenvalue weighted by molar-refractivity contribution is 0.474. The van der Waals surface area contributed by atoms with Crippen LogP contribution >= 0.6 is 22.9 Å². The van der Waals surface area contributed by atoms with Crippen LogP contribution < -0.4 is 0 Å². The number of fused-ring (bicyclic) bond motifs is 1. The second-order valence-electron chi connectivity index (χ2n) is 5.50. The molecule has 1 N–H and O–H groups in total. The third kappa shape index (κ3) is 3.40.